The van der Waals surface area contributed by atoms with Gasteiger partial charge in [0.1, 0.15) is 6.54 Å². The molecular formula is C26H25N3O3. The minimum atomic E-state index is -1.35. The van der Waals surface area contributed by atoms with Gasteiger partial charge in [0.25, 0.3) is 5.91 Å². The second kappa shape index (κ2) is 9.47. The Bertz CT molecular complexity index is 1050. The Morgan fingerprint density at radius 1 is 0.812 bits per heavy atom. The van der Waals surface area contributed by atoms with Crippen LogP contribution in [-0.2, 0) is 21.5 Å². The first-order valence-corrected chi connectivity index (χ1v) is 10.7. The van der Waals surface area contributed by atoms with Crippen LogP contribution in [-0.4, -0.2) is 35.8 Å². The summed E-state index contributed by atoms with van der Waals surface area (Å²) in [7, 11) is 0. The molecule has 1 aliphatic rings. The largest absolute Gasteiger partial charge is 0.355 e. The number of rotatable bonds is 8. The van der Waals surface area contributed by atoms with Crippen LogP contribution in [0.3, 0.4) is 0 Å². The minimum Gasteiger partial charge on any atom is -0.355 e. The highest BCUT2D eigenvalue weighted by Gasteiger charge is 2.53. The molecule has 162 valence electrons. The van der Waals surface area contributed by atoms with E-state index in [9.17, 15) is 14.4 Å². The predicted molar refractivity (Wildman–Crippen MR) is 122 cm³/mol. The second-order valence-electron chi connectivity index (χ2n) is 7.74. The molecule has 1 fully saturated rings. The lowest BCUT2D eigenvalue weighted by Gasteiger charge is -2.28. The van der Waals surface area contributed by atoms with Crippen molar-refractivity contribution in [2.45, 2.75) is 18.4 Å². The van der Waals surface area contributed by atoms with E-state index in [0.717, 1.165) is 17.7 Å². The second-order valence-corrected chi connectivity index (χ2v) is 7.74. The van der Waals surface area contributed by atoms with E-state index in [-0.39, 0.29) is 12.5 Å². The number of carbonyl (C=O) groups is 3. The van der Waals surface area contributed by atoms with E-state index in [0.29, 0.717) is 17.7 Å². The lowest BCUT2D eigenvalue weighted by molar-refractivity contribution is -0.134. The maximum Gasteiger partial charge on any atom is 0.326 e. The number of nitrogens with zero attached hydrogens (tertiary/aromatic N) is 1. The van der Waals surface area contributed by atoms with Crippen LogP contribution in [0.15, 0.2) is 91.0 Å². The van der Waals surface area contributed by atoms with Gasteiger partial charge in [-0.05, 0) is 29.5 Å². The molecule has 0 aliphatic carbocycles. The first-order chi connectivity index (χ1) is 15.6. The molecule has 0 bridgehead atoms. The third-order valence-electron chi connectivity index (χ3n) is 5.63. The third kappa shape index (κ3) is 4.25. The summed E-state index contributed by atoms with van der Waals surface area (Å²) in [6.07, 6.45) is 1.61. The zero-order valence-corrected chi connectivity index (χ0v) is 17.7. The summed E-state index contributed by atoms with van der Waals surface area (Å²) < 4.78 is 0. The molecule has 6 nitrogen and oxygen atoms in total. The van der Waals surface area contributed by atoms with E-state index < -0.39 is 17.5 Å². The van der Waals surface area contributed by atoms with Crippen molar-refractivity contribution >= 4 is 17.8 Å². The zero-order chi connectivity index (χ0) is 22.4. The van der Waals surface area contributed by atoms with Gasteiger partial charge in [-0.2, -0.15) is 0 Å². The molecule has 0 radical (unpaired) electrons. The van der Waals surface area contributed by atoms with Crippen LogP contribution in [0.1, 0.15) is 23.1 Å². The number of hydrogen-bond acceptors (Lipinski definition) is 3. The standard InChI is InChI=1S/C26H25N3O3/c30-23(27-18-10-13-20-11-4-1-5-12-20)19-29-24(31)26(28-25(29)32,21-14-6-2-7-15-21)22-16-8-3-9-17-22/h1-9,11-12,14-17H,10,13,18-19H2,(H,27,30)(H,28,32). The van der Waals surface area contributed by atoms with Crippen LogP contribution in [0, 0.1) is 0 Å². The number of benzene rings is 3. The summed E-state index contributed by atoms with van der Waals surface area (Å²) in [6, 6.07) is 27.6. The van der Waals surface area contributed by atoms with E-state index in [2.05, 4.69) is 10.6 Å². The highest BCUT2D eigenvalue weighted by atomic mass is 16.2. The van der Waals surface area contributed by atoms with Gasteiger partial charge < -0.3 is 10.6 Å². The van der Waals surface area contributed by atoms with Gasteiger partial charge in [0, 0.05) is 6.54 Å². The monoisotopic (exact) mass is 427 g/mol. The highest BCUT2D eigenvalue weighted by Crippen LogP contribution is 2.35. The van der Waals surface area contributed by atoms with Crippen LogP contribution in [0.2, 0.25) is 0 Å². The SMILES string of the molecule is O=C(CN1C(=O)NC(c2ccccc2)(c2ccccc2)C1=O)NCCCc1ccccc1. The van der Waals surface area contributed by atoms with Crippen LogP contribution in [0.25, 0.3) is 0 Å². The van der Waals surface area contributed by atoms with Gasteiger partial charge in [-0.1, -0.05) is 91.0 Å². The van der Waals surface area contributed by atoms with Crippen LogP contribution < -0.4 is 10.6 Å². The Labute approximate surface area is 187 Å². The number of nitrogens with one attached hydrogen (secondary N) is 2. The molecule has 0 unspecified atom stereocenters. The first kappa shape index (κ1) is 21.3. The van der Waals surface area contributed by atoms with Gasteiger partial charge in [-0.15, -0.1) is 0 Å². The lowest BCUT2D eigenvalue weighted by atomic mass is 9.82. The Hall–Kier alpha value is -3.93. The topological polar surface area (TPSA) is 78.5 Å². The summed E-state index contributed by atoms with van der Waals surface area (Å²) >= 11 is 0. The molecule has 32 heavy (non-hydrogen) atoms. The van der Waals surface area contributed by atoms with Crippen molar-refractivity contribution in [1.82, 2.24) is 15.5 Å². The molecule has 1 heterocycles. The Balaban J connectivity index is 1.45. The van der Waals surface area contributed by atoms with Gasteiger partial charge >= 0.3 is 6.03 Å². The molecule has 3 aromatic carbocycles. The maximum atomic E-state index is 13.6. The third-order valence-corrected chi connectivity index (χ3v) is 5.63. The van der Waals surface area contributed by atoms with Crippen molar-refractivity contribution < 1.29 is 14.4 Å². The molecule has 0 atom stereocenters. The fourth-order valence-electron chi connectivity index (χ4n) is 4.02. The zero-order valence-electron chi connectivity index (χ0n) is 17.7. The van der Waals surface area contributed by atoms with Crippen molar-refractivity contribution in [1.29, 1.82) is 0 Å². The molecule has 6 heteroatoms. The smallest absolute Gasteiger partial charge is 0.326 e. The van der Waals surface area contributed by atoms with Gasteiger partial charge in [-0.25, -0.2) is 4.79 Å². The Morgan fingerprint density at radius 3 is 1.91 bits per heavy atom. The number of aryl methyl sites for hydroxylation is 1. The Kier molecular flexibility index (Phi) is 6.31. The molecule has 0 spiro atoms. The van der Waals surface area contributed by atoms with Gasteiger partial charge in [-0.3, -0.25) is 14.5 Å². The summed E-state index contributed by atoms with van der Waals surface area (Å²) in [6.45, 7) is 0.150. The summed E-state index contributed by atoms with van der Waals surface area (Å²) in [5.74, 6) is -0.821. The van der Waals surface area contributed by atoms with Crippen LogP contribution >= 0.6 is 0 Å². The van der Waals surface area contributed by atoms with E-state index in [1.807, 2.05) is 66.7 Å². The van der Waals surface area contributed by atoms with E-state index in [1.165, 1.54) is 5.56 Å². The molecule has 0 saturated carbocycles. The number of hydrogen-bond donors (Lipinski definition) is 2. The Morgan fingerprint density at radius 2 is 1.34 bits per heavy atom. The minimum absolute atomic E-state index is 0.322. The lowest BCUT2D eigenvalue weighted by Crippen LogP contribution is -2.46. The fourth-order valence-corrected chi connectivity index (χ4v) is 4.02. The molecule has 3 aromatic rings. The normalized spacial score (nSPS) is 14.8. The van der Waals surface area contributed by atoms with Crippen molar-refractivity contribution in [3.8, 4) is 0 Å². The van der Waals surface area contributed by atoms with Crippen molar-refractivity contribution in [3.05, 3.63) is 108 Å². The van der Waals surface area contributed by atoms with Crippen molar-refractivity contribution in [3.63, 3.8) is 0 Å². The number of carbonyl (C=O) groups excluding carboxylic acids is 3. The predicted octanol–water partition coefficient (Wildman–Crippen LogP) is 3.23. The molecule has 4 amide bonds. The summed E-state index contributed by atoms with van der Waals surface area (Å²) in [5, 5.41) is 5.67. The molecular weight excluding hydrogens is 402 g/mol. The molecule has 1 aliphatic heterocycles. The first-order valence-electron chi connectivity index (χ1n) is 10.7. The molecule has 0 aromatic heterocycles. The fraction of sp³-hybridized carbons (Fsp3) is 0.192. The number of urea groups is 1. The summed E-state index contributed by atoms with van der Waals surface area (Å²) in [5.41, 5.74) is 1.14. The van der Waals surface area contributed by atoms with E-state index in [4.69, 9.17) is 0 Å². The quantitative estimate of drug-likeness (QED) is 0.428. The van der Waals surface area contributed by atoms with E-state index >= 15 is 0 Å². The van der Waals surface area contributed by atoms with Gasteiger partial charge in [0.2, 0.25) is 5.91 Å². The molecule has 4 rings (SSSR count). The maximum absolute atomic E-state index is 13.6. The highest BCUT2D eigenvalue weighted by molar-refractivity contribution is 6.11. The van der Waals surface area contributed by atoms with Crippen LogP contribution in [0.5, 0.6) is 0 Å². The average molecular weight is 428 g/mol. The number of imide groups is 1. The van der Waals surface area contributed by atoms with Gasteiger partial charge in [0.05, 0.1) is 0 Å². The van der Waals surface area contributed by atoms with Crippen molar-refractivity contribution in [2.75, 3.05) is 13.1 Å². The van der Waals surface area contributed by atoms with Crippen molar-refractivity contribution in [2.24, 2.45) is 0 Å². The number of amides is 4. The molecule has 2 N–H and O–H groups in total. The van der Waals surface area contributed by atoms with Gasteiger partial charge in [0.15, 0.2) is 5.54 Å². The molecule has 1 saturated heterocycles. The summed E-state index contributed by atoms with van der Waals surface area (Å²) in [4.78, 5) is 39.9. The van der Waals surface area contributed by atoms with E-state index in [1.54, 1.807) is 24.3 Å². The average Bonchev–Trinajstić information content (AvgIpc) is 3.09. The van der Waals surface area contributed by atoms with Crippen LogP contribution in [0.4, 0.5) is 4.79 Å².